The lowest BCUT2D eigenvalue weighted by atomic mass is 9.55. The predicted octanol–water partition coefficient (Wildman–Crippen LogP) is 2.14. The molecule has 7 heteroatoms. The van der Waals surface area contributed by atoms with Crippen LogP contribution >= 0.6 is 0 Å². The molecule has 1 aliphatic heterocycles. The van der Waals surface area contributed by atoms with Gasteiger partial charge in [0.15, 0.2) is 0 Å². The Hall–Kier alpha value is -1.05. The Labute approximate surface area is 145 Å². The molecule has 0 aromatic carbocycles. The van der Waals surface area contributed by atoms with E-state index in [1.165, 1.54) is 0 Å². The molecule has 2 N–H and O–H groups in total. The van der Waals surface area contributed by atoms with E-state index in [2.05, 4.69) is 0 Å². The second kappa shape index (κ2) is 5.75. The summed E-state index contributed by atoms with van der Waals surface area (Å²) in [7, 11) is -1.03. The van der Waals surface area contributed by atoms with Gasteiger partial charge in [-0.2, -0.15) is 0 Å². The summed E-state index contributed by atoms with van der Waals surface area (Å²) in [5.74, 6) is 0. The maximum Gasteiger partial charge on any atom is 0.487 e. The summed E-state index contributed by atoms with van der Waals surface area (Å²) in [6.45, 7) is 13.6. The lowest BCUT2D eigenvalue weighted by molar-refractivity contribution is -0.0996. The van der Waals surface area contributed by atoms with Crippen LogP contribution in [0.15, 0.2) is 11.5 Å². The number of nitrogens with zero attached hydrogens (tertiary/aromatic N) is 1. The van der Waals surface area contributed by atoms with Crippen molar-refractivity contribution in [2.75, 3.05) is 13.1 Å². The topological polar surface area (TPSA) is 79.2 Å². The zero-order valence-electron chi connectivity index (χ0n) is 15.8. The third kappa shape index (κ3) is 3.95. The lowest BCUT2D eigenvalue weighted by Gasteiger charge is -2.54. The first-order chi connectivity index (χ1) is 10.6. The zero-order valence-corrected chi connectivity index (χ0v) is 15.8. The maximum absolute atomic E-state index is 12.0. The molecule has 2 aliphatic rings. The lowest BCUT2D eigenvalue weighted by Crippen LogP contribution is -2.62. The first-order valence-corrected chi connectivity index (χ1v) is 8.42. The monoisotopic (exact) mass is 339 g/mol. The number of amides is 1. The van der Waals surface area contributed by atoms with Crippen LogP contribution < -0.4 is 0 Å². The second-order valence-corrected chi connectivity index (χ2v) is 9.13. The van der Waals surface area contributed by atoms with Gasteiger partial charge in [-0.05, 0) is 60.4 Å². The molecular weight excluding hydrogens is 309 g/mol. The second-order valence-electron chi connectivity index (χ2n) is 9.13. The third-order valence-electron chi connectivity index (χ3n) is 4.91. The largest absolute Gasteiger partial charge is 0.487 e. The number of ether oxygens (including phenoxy) is 1. The normalized spacial score (nSPS) is 20.2. The van der Waals surface area contributed by atoms with Crippen molar-refractivity contribution < 1.29 is 24.3 Å². The molecule has 1 amide bonds. The number of aliphatic hydroxyl groups is 1. The van der Waals surface area contributed by atoms with Gasteiger partial charge in [-0.25, -0.2) is 4.79 Å². The van der Waals surface area contributed by atoms with Crippen molar-refractivity contribution in [2.24, 2.45) is 5.41 Å². The summed E-state index contributed by atoms with van der Waals surface area (Å²) >= 11 is 0. The fourth-order valence-electron chi connectivity index (χ4n) is 2.80. The highest BCUT2D eigenvalue weighted by Gasteiger charge is 2.53. The molecular formula is C17H30BNO5. The van der Waals surface area contributed by atoms with Gasteiger partial charge in [-0.3, -0.25) is 0 Å². The molecule has 0 saturated carbocycles. The molecule has 0 radical (unpaired) electrons. The molecule has 0 bridgehead atoms. The molecule has 24 heavy (non-hydrogen) atoms. The van der Waals surface area contributed by atoms with Crippen LogP contribution in [0.1, 0.15) is 54.9 Å². The Balaban J connectivity index is 1.86. The third-order valence-corrected chi connectivity index (χ3v) is 4.91. The van der Waals surface area contributed by atoms with E-state index in [0.29, 0.717) is 19.5 Å². The van der Waals surface area contributed by atoms with Crippen LogP contribution in [0.3, 0.4) is 0 Å². The molecule has 0 aromatic heterocycles. The highest BCUT2D eigenvalue weighted by Crippen LogP contribution is 2.47. The van der Waals surface area contributed by atoms with Crippen LogP contribution in [0.4, 0.5) is 4.79 Å². The number of carbonyl (C=O) groups is 1. The van der Waals surface area contributed by atoms with E-state index in [4.69, 9.17) is 9.39 Å². The van der Waals surface area contributed by atoms with Gasteiger partial charge in [0.05, 0.1) is 11.2 Å². The Morgan fingerprint density at radius 3 is 2.12 bits per heavy atom. The molecule has 6 nitrogen and oxygen atoms in total. The van der Waals surface area contributed by atoms with Gasteiger partial charge in [0.1, 0.15) is 5.60 Å². The zero-order chi connectivity index (χ0) is 18.6. The number of hydrogen-bond acceptors (Lipinski definition) is 5. The average molecular weight is 339 g/mol. The van der Waals surface area contributed by atoms with Crippen LogP contribution in [0.25, 0.3) is 0 Å². The number of carbonyl (C=O) groups excluding carboxylic acids is 1. The summed E-state index contributed by atoms with van der Waals surface area (Å²) in [4.78, 5) is 13.6. The van der Waals surface area contributed by atoms with Gasteiger partial charge in [-0.15, -0.1) is 0 Å². The van der Waals surface area contributed by atoms with E-state index >= 15 is 0 Å². The van der Waals surface area contributed by atoms with E-state index in [9.17, 15) is 14.9 Å². The Kier molecular flexibility index (Phi) is 4.62. The van der Waals surface area contributed by atoms with Crippen LogP contribution in [0.5, 0.6) is 0 Å². The van der Waals surface area contributed by atoms with Crippen molar-refractivity contribution in [2.45, 2.75) is 71.7 Å². The average Bonchev–Trinajstić information content (AvgIpc) is 2.19. The Bertz CT molecular complexity index is 538. The van der Waals surface area contributed by atoms with Crippen molar-refractivity contribution >= 4 is 13.2 Å². The van der Waals surface area contributed by atoms with Crippen LogP contribution in [-0.2, 0) is 9.39 Å². The standard InChI is InChI=1S/C17H30BNO5/c1-14(2,3)23-13(20)19-10-17(11-19)8-12(9-17)18(22)24-16(6,7)15(4,5)21/h8,21-22H,9-11H2,1-7H3. The highest BCUT2D eigenvalue weighted by atomic mass is 16.6. The highest BCUT2D eigenvalue weighted by molar-refractivity contribution is 6.52. The minimum absolute atomic E-state index is 0.0601. The van der Waals surface area contributed by atoms with Crippen LogP contribution in [0.2, 0.25) is 0 Å². The van der Waals surface area contributed by atoms with Crippen molar-refractivity contribution in [3.05, 3.63) is 11.5 Å². The van der Waals surface area contributed by atoms with Crippen molar-refractivity contribution in [1.82, 2.24) is 4.90 Å². The van der Waals surface area contributed by atoms with Gasteiger partial charge in [0.2, 0.25) is 0 Å². The number of hydrogen-bond donors (Lipinski definition) is 2. The van der Waals surface area contributed by atoms with E-state index in [1.807, 2.05) is 26.8 Å². The summed E-state index contributed by atoms with van der Waals surface area (Å²) < 4.78 is 11.0. The molecule has 1 spiro atoms. The molecule has 0 atom stereocenters. The molecule has 1 heterocycles. The first-order valence-electron chi connectivity index (χ1n) is 8.42. The van der Waals surface area contributed by atoms with Gasteiger partial charge in [0, 0.05) is 18.5 Å². The number of rotatable bonds is 4. The van der Waals surface area contributed by atoms with Crippen molar-refractivity contribution in [1.29, 1.82) is 0 Å². The van der Waals surface area contributed by atoms with E-state index in [-0.39, 0.29) is 11.5 Å². The molecule has 2 rings (SSSR count). The van der Waals surface area contributed by atoms with Crippen LogP contribution in [-0.4, -0.2) is 58.1 Å². The predicted molar refractivity (Wildman–Crippen MR) is 92.4 cm³/mol. The van der Waals surface area contributed by atoms with Crippen molar-refractivity contribution in [3.8, 4) is 0 Å². The SMILES string of the molecule is CC(C)(C)OC(=O)N1CC2(C=C(B(O)OC(C)(C)C(C)(C)O)C2)C1. The molecule has 136 valence electrons. The quantitative estimate of drug-likeness (QED) is 0.767. The minimum Gasteiger partial charge on any atom is -0.444 e. The maximum atomic E-state index is 12.0. The summed E-state index contributed by atoms with van der Waals surface area (Å²) in [6.07, 6.45) is 2.38. The van der Waals surface area contributed by atoms with Gasteiger partial charge < -0.3 is 24.4 Å². The van der Waals surface area contributed by atoms with E-state index < -0.39 is 23.9 Å². The summed E-state index contributed by atoms with van der Waals surface area (Å²) in [6, 6.07) is 0. The Morgan fingerprint density at radius 1 is 1.21 bits per heavy atom. The molecule has 0 unspecified atom stereocenters. The molecule has 0 aromatic rings. The minimum atomic E-state index is -1.07. The Morgan fingerprint density at radius 2 is 1.71 bits per heavy atom. The van der Waals surface area contributed by atoms with Crippen molar-refractivity contribution in [3.63, 3.8) is 0 Å². The number of allylic oxidation sites excluding steroid dienone is 1. The van der Waals surface area contributed by atoms with E-state index in [0.717, 1.165) is 5.47 Å². The fraction of sp³-hybridized carbons (Fsp3) is 0.824. The molecule has 1 saturated heterocycles. The first kappa shape index (κ1) is 19.3. The molecule has 1 fully saturated rings. The van der Waals surface area contributed by atoms with E-state index in [1.54, 1.807) is 32.6 Å². The van der Waals surface area contributed by atoms with Gasteiger partial charge in [-0.1, -0.05) is 6.08 Å². The number of likely N-dealkylation sites (tertiary alicyclic amines) is 1. The smallest absolute Gasteiger partial charge is 0.444 e. The van der Waals surface area contributed by atoms with Crippen LogP contribution in [0, 0.1) is 5.41 Å². The van der Waals surface area contributed by atoms with Gasteiger partial charge in [0.25, 0.3) is 0 Å². The molecule has 1 aliphatic carbocycles. The summed E-state index contributed by atoms with van der Waals surface area (Å²) in [5.41, 5.74) is -1.70. The summed E-state index contributed by atoms with van der Waals surface area (Å²) in [5, 5.41) is 20.3. The fourth-order valence-corrected chi connectivity index (χ4v) is 2.80. The van der Waals surface area contributed by atoms with Gasteiger partial charge >= 0.3 is 13.2 Å².